The maximum absolute atomic E-state index is 5.93. The highest BCUT2D eigenvalue weighted by Crippen LogP contribution is 2.24. The van der Waals surface area contributed by atoms with Crippen molar-refractivity contribution in [2.24, 2.45) is 11.1 Å². The van der Waals surface area contributed by atoms with E-state index in [0.717, 1.165) is 61.8 Å². The fourth-order valence-electron chi connectivity index (χ4n) is 3.28. The maximum Gasteiger partial charge on any atom is 0.151 e. The number of halogens is 1. The van der Waals surface area contributed by atoms with Gasteiger partial charge in [0.2, 0.25) is 0 Å². The number of hydrogen-bond acceptors (Lipinski definition) is 6. The van der Waals surface area contributed by atoms with Crippen LogP contribution in [-0.2, 0) is 4.84 Å². The van der Waals surface area contributed by atoms with Gasteiger partial charge in [-0.25, -0.2) is 0 Å². The van der Waals surface area contributed by atoms with Gasteiger partial charge < -0.3 is 14.5 Å². The van der Waals surface area contributed by atoms with Crippen LogP contribution in [0.2, 0.25) is 5.15 Å². The van der Waals surface area contributed by atoms with Crippen molar-refractivity contribution in [2.45, 2.75) is 33.1 Å². The molecule has 0 atom stereocenters. The second-order valence-corrected chi connectivity index (χ2v) is 7.29. The van der Waals surface area contributed by atoms with Gasteiger partial charge in [-0.1, -0.05) is 16.8 Å². The number of nitrogens with zero attached hydrogens (tertiary/aromatic N) is 4. The lowest BCUT2D eigenvalue weighted by atomic mass is 9.94. The van der Waals surface area contributed by atoms with E-state index >= 15 is 0 Å². The van der Waals surface area contributed by atoms with Crippen LogP contribution in [0.4, 0.5) is 5.82 Å². The summed E-state index contributed by atoms with van der Waals surface area (Å²) in [6, 6.07) is 11.7. The zero-order chi connectivity index (χ0) is 19.8. The summed E-state index contributed by atoms with van der Waals surface area (Å²) in [5.41, 5.74) is 1.91. The first-order valence-electron chi connectivity index (χ1n) is 9.79. The van der Waals surface area contributed by atoms with Gasteiger partial charge in [-0.3, -0.25) is 0 Å². The predicted octanol–water partition coefficient (Wildman–Crippen LogP) is 4.58. The molecule has 0 radical (unpaired) electrons. The van der Waals surface area contributed by atoms with Gasteiger partial charge >= 0.3 is 0 Å². The second kappa shape index (κ2) is 10.3. The zero-order valence-corrected chi connectivity index (χ0v) is 17.2. The van der Waals surface area contributed by atoms with Crippen LogP contribution in [-0.4, -0.2) is 42.2 Å². The molecule has 1 saturated heterocycles. The number of rotatable bonds is 8. The van der Waals surface area contributed by atoms with Crippen LogP contribution in [0.1, 0.15) is 38.7 Å². The third-order valence-corrected chi connectivity index (χ3v) is 5.16. The molecule has 7 heteroatoms. The van der Waals surface area contributed by atoms with Crippen LogP contribution in [0, 0.1) is 5.92 Å². The molecule has 28 heavy (non-hydrogen) atoms. The molecule has 1 aromatic heterocycles. The molecule has 1 aliphatic heterocycles. The van der Waals surface area contributed by atoms with E-state index in [9.17, 15) is 0 Å². The summed E-state index contributed by atoms with van der Waals surface area (Å²) in [4.78, 5) is 7.36. The quantitative estimate of drug-likeness (QED) is 0.478. The molecule has 2 aromatic rings. The summed E-state index contributed by atoms with van der Waals surface area (Å²) in [6.45, 7) is 7.15. The number of hydrogen-bond donors (Lipinski definition) is 0. The SMILES string of the molecule is CCO/N=C(/C)c1ccc(OCCC2CCN(c3ccc(Cl)nn3)CC2)cc1. The molecule has 0 unspecified atom stereocenters. The van der Waals surface area contributed by atoms with E-state index in [2.05, 4.69) is 20.3 Å². The highest BCUT2D eigenvalue weighted by molar-refractivity contribution is 6.29. The number of ether oxygens (including phenoxy) is 1. The first kappa shape index (κ1) is 20.4. The molecular formula is C21H27ClN4O2. The highest BCUT2D eigenvalue weighted by Gasteiger charge is 2.20. The number of piperidine rings is 1. The Labute approximate surface area is 171 Å². The van der Waals surface area contributed by atoms with Crippen molar-refractivity contribution in [3.05, 3.63) is 47.1 Å². The van der Waals surface area contributed by atoms with Crippen LogP contribution in [0.25, 0.3) is 0 Å². The number of benzene rings is 1. The zero-order valence-electron chi connectivity index (χ0n) is 16.5. The average molecular weight is 403 g/mol. The summed E-state index contributed by atoms with van der Waals surface area (Å²) in [5, 5.41) is 12.6. The number of aromatic nitrogens is 2. The van der Waals surface area contributed by atoms with Gasteiger partial charge in [0.05, 0.1) is 12.3 Å². The van der Waals surface area contributed by atoms with Crippen molar-refractivity contribution in [1.82, 2.24) is 10.2 Å². The van der Waals surface area contributed by atoms with Gasteiger partial charge in [0.15, 0.2) is 11.0 Å². The Kier molecular flexibility index (Phi) is 7.48. The lowest BCUT2D eigenvalue weighted by molar-refractivity contribution is 0.159. The van der Waals surface area contributed by atoms with Gasteiger partial charge in [0.25, 0.3) is 0 Å². The first-order chi connectivity index (χ1) is 13.7. The molecule has 1 aliphatic rings. The Morgan fingerprint density at radius 1 is 1.14 bits per heavy atom. The summed E-state index contributed by atoms with van der Waals surface area (Å²) in [5.74, 6) is 2.47. The fraction of sp³-hybridized carbons (Fsp3) is 0.476. The lowest BCUT2D eigenvalue weighted by Crippen LogP contribution is -2.34. The Morgan fingerprint density at radius 2 is 1.89 bits per heavy atom. The van der Waals surface area contributed by atoms with Gasteiger partial charge in [-0.2, -0.15) is 0 Å². The van der Waals surface area contributed by atoms with Gasteiger partial charge in [0.1, 0.15) is 12.4 Å². The largest absolute Gasteiger partial charge is 0.494 e. The number of oxime groups is 1. The van der Waals surface area contributed by atoms with E-state index in [-0.39, 0.29) is 0 Å². The summed E-state index contributed by atoms with van der Waals surface area (Å²) in [7, 11) is 0. The Bertz CT molecular complexity index is 757. The summed E-state index contributed by atoms with van der Waals surface area (Å²) < 4.78 is 5.93. The Hall–Kier alpha value is -2.34. The summed E-state index contributed by atoms with van der Waals surface area (Å²) in [6.07, 6.45) is 3.34. The maximum atomic E-state index is 5.93. The first-order valence-corrected chi connectivity index (χ1v) is 10.2. The van der Waals surface area contributed by atoms with Crippen molar-refractivity contribution in [3.8, 4) is 5.75 Å². The van der Waals surface area contributed by atoms with E-state index < -0.39 is 0 Å². The monoisotopic (exact) mass is 402 g/mol. The molecule has 3 rings (SSSR count). The molecular weight excluding hydrogens is 376 g/mol. The molecule has 0 bridgehead atoms. The van der Waals surface area contributed by atoms with E-state index in [1.807, 2.05) is 44.2 Å². The van der Waals surface area contributed by atoms with Crippen molar-refractivity contribution >= 4 is 23.1 Å². The Morgan fingerprint density at radius 3 is 2.54 bits per heavy atom. The normalized spacial score (nSPS) is 15.5. The lowest BCUT2D eigenvalue weighted by Gasteiger charge is -2.32. The van der Waals surface area contributed by atoms with Crippen LogP contribution in [0.5, 0.6) is 5.75 Å². The molecule has 0 amide bonds. The topological polar surface area (TPSA) is 59.8 Å². The molecule has 0 saturated carbocycles. The molecule has 0 N–H and O–H groups in total. The van der Waals surface area contributed by atoms with Gasteiger partial charge in [0, 0.05) is 13.1 Å². The van der Waals surface area contributed by atoms with Gasteiger partial charge in [-0.15, -0.1) is 10.2 Å². The molecule has 150 valence electrons. The average Bonchev–Trinajstić information content (AvgIpc) is 2.73. The third kappa shape index (κ3) is 5.83. The van der Waals surface area contributed by atoms with E-state index in [1.54, 1.807) is 6.07 Å². The molecule has 6 nitrogen and oxygen atoms in total. The van der Waals surface area contributed by atoms with E-state index in [1.165, 1.54) is 0 Å². The van der Waals surface area contributed by atoms with Crippen LogP contribution in [0.3, 0.4) is 0 Å². The molecule has 0 spiro atoms. The number of anilines is 1. The van der Waals surface area contributed by atoms with Gasteiger partial charge in [-0.05, 0) is 81.0 Å². The smallest absolute Gasteiger partial charge is 0.151 e. The highest BCUT2D eigenvalue weighted by atomic mass is 35.5. The minimum atomic E-state index is 0.431. The minimum absolute atomic E-state index is 0.431. The molecule has 1 fully saturated rings. The predicted molar refractivity (Wildman–Crippen MR) is 112 cm³/mol. The Balaban J connectivity index is 1.39. The third-order valence-electron chi connectivity index (χ3n) is 4.95. The summed E-state index contributed by atoms with van der Waals surface area (Å²) >= 11 is 5.81. The molecule has 0 aliphatic carbocycles. The van der Waals surface area contributed by atoms with Crippen molar-refractivity contribution in [1.29, 1.82) is 0 Å². The second-order valence-electron chi connectivity index (χ2n) is 6.90. The molecule has 2 heterocycles. The minimum Gasteiger partial charge on any atom is -0.494 e. The van der Waals surface area contributed by atoms with Crippen molar-refractivity contribution < 1.29 is 9.57 Å². The standard InChI is InChI=1S/C21H27ClN4O2/c1-3-28-25-16(2)18-4-6-19(7-5-18)27-15-12-17-10-13-26(14-11-17)21-9-8-20(22)23-24-21/h4-9,17H,3,10-15H2,1-2H3/b25-16-. The van der Waals surface area contributed by atoms with E-state index in [0.29, 0.717) is 17.7 Å². The van der Waals surface area contributed by atoms with Crippen LogP contribution >= 0.6 is 11.6 Å². The van der Waals surface area contributed by atoms with E-state index in [4.69, 9.17) is 21.2 Å². The molecule has 1 aromatic carbocycles. The fourth-order valence-corrected chi connectivity index (χ4v) is 3.38. The van der Waals surface area contributed by atoms with Crippen LogP contribution < -0.4 is 9.64 Å². The van der Waals surface area contributed by atoms with Crippen molar-refractivity contribution in [2.75, 3.05) is 31.2 Å². The van der Waals surface area contributed by atoms with Crippen LogP contribution in [0.15, 0.2) is 41.6 Å². The van der Waals surface area contributed by atoms with Crippen molar-refractivity contribution in [3.63, 3.8) is 0 Å².